The van der Waals surface area contributed by atoms with Crippen molar-refractivity contribution >= 4 is 0 Å². The van der Waals surface area contributed by atoms with Crippen LogP contribution in [0.15, 0.2) is 18.2 Å². The molecule has 0 radical (unpaired) electrons. The smallest absolute Gasteiger partial charge is 0.124 e. The summed E-state index contributed by atoms with van der Waals surface area (Å²) in [5.74, 6) is 1.25. The molecule has 1 aromatic carbocycles. The van der Waals surface area contributed by atoms with Crippen LogP contribution in [-0.2, 0) is 0 Å². The molecule has 124 valence electrons. The van der Waals surface area contributed by atoms with Gasteiger partial charge in [0.05, 0.1) is 13.2 Å². The Bertz CT molecular complexity index is 473. The Morgan fingerprint density at radius 3 is 2.73 bits per heavy atom. The Morgan fingerprint density at radius 2 is 2.09 bits per heavy atom. The van der Waals surface area contributed by atoms with Gasteiger partial charge in [-0.3, -0.25) is 4.90 Å². The lowest BCUT2D eigenvalue weighted by molar-refractivity contribution is 0.0643. The summed E-state index contributed by atoms with van der Waals surface area (Å²) in [6, 6.07) is 6.80. The Balaban J connectivity index is 2.16. The zero-order chi connectivity index (χ0) is 16.1. The number of hydrogen-bond acceptors (Lipinski definition) is 3. The van der Waals surface area contributed by atoms with Crippen LogP contribution in [0.1, 0.15) is 69.6 Å². The third-order valence-corrected chi connectivity index (χ3v) is 4.91. The van der Waals surface area contributed by atoms with Gasteiger partial charge < -0.3 is 9.84 Å². The summed E-state index contributed by atoms with van der Waals surface area (Å²) in [6.45, 7) is 8.40. The van der Waals surface area contributed by atoms with Crippen molar-refractivity contribution in [3.8, 4) is 5.75 Å². The highest BCUT2D eigenvalue weighted by molar-refractivity contribution is 5.40. The molecule has 1 fully saturated rings. The van der Waals surface area contributed by atoms with E-state index in [1.165, 1.54) is 24.8 Å². The van der Waals surface area contributed by atoms with E-state index in [4.69, 9.17) is 4.74 Å². The molecular formula is C19H31NO2. The highest BCUT2D eigenvalue weighted by Gasteiger charge is 2.25. The minimum absolute atomic E-state index is 0.454. The third-order valence-electron chi connectivity index (χ3n) is 4.91. The molecule has 1 aliphatic heterocycles. The summed E-state index contributed by atoms with van der Waals surface area (Å²) in [6.07, 6.45) is 4.49. The van der Waals surface area contributed by atoms with Gasteiger partial charge in [0.15, 0.2) is 0 Å². The maximum Gasteiger partial charge on any atom is 0.124 e. The minimum atomic E-state index is -0.485. The lowest BCUT2D eigenvalue weighted by Crippen LogP contribution is -2.41. The molecule has 0 amide bonds. The Morgan fingerprint density at radius 1 is 1.32 bits per heavy atom. The number of rotatable bonds is 6. The number of piperidine rings is 1. The lowest BCUT2D eigenvalue weighted by Gasteiger charge is -2.36. The summed E-state index contributed by atoms with van der Waals surface area (Å²) >= 11 is 0. The largest absolute Gasteiger partial charge is 0.496 e. The molecule has 3 heteroatoms. The van der Waals surface area contributed by atoms with Gasteiger partial charge in [0.2, 0.25) is 0 Å². The summed E-state index contributed by atoms with van der Waals surface area (Å²) in [4.78, 5) is 2.45. The maximum absolute atomic E-state index is 10.8. The standard InChI is InChI=1S/C19H31NO2/c1-5-16-8-6-7-11-20(16)13-18(21)17-12-15(14(2)3)9-10-19(17)22-4/h9-10,12,14,16,18,21H,5-8,11,13H2,1-4H3. The zero-order valence-corrected chi connectivity index (χ0v) is 14.5. The van der Waals surface area contributed by atoms with Gasteiger partial charge in [-0.25, -0.2) is 0 Å². The van der Waals surface area contributed by atoms with Crippen LogP contribution in [0.25, 0.3) is 0 Å². The molecular weight excluding hydrogens is 274 g/mol. The first kappa shape index (κ1) is 17.3. The Kier molecular flexibility index (Phi) is 6.27. The first-order valence-corrected chi connectivity index (χ1v) is 8.66. The molecule has 1 heterocycles. The van der Waals surface area contributed by atoms with Crippen molar-refractivity contribution in [3.63, 3.8) is 0 Å². The molecule has 0 spiro atoms. The fourth-order valence-electron chi connectivity index (χ4n) is 3.46. The van der Waals surface area contributed by atoms with Gasteiger partial charge in [-0.05, 0) is 49.4 Å². The van der Waals surface area contributed by atoms with Crippen LogP contribution in [0.5, 0.6) is 5.75 Å². The van der Waals surface area contributed by atoms with Crippen molar-refractivity contribution in [2.45, 2.75) is 64.5 Å². The molecule has 22 heavy (non-hydrogen) atoms. The molecule has 0 saturated carbocycles. The SMILES string of the molecule is CCC1CCCCN1CC(O)c1cc(C(C)C)ccc1OC. The van der Waals surface area contributed by atoms with E-state index in [-0.39, 0.29) is 0 Å². The van der Waals surface area contributed by atoms with Crippen LogP contribution in [0.3, 0.4) is 0 Å². The van der Waals surface area contributed by atoms with E-state index in [2.05, 4.69) is 37.8 Å². The van der Waals surface area contributed by atoms with Crippen molar-refractivity contribution < 1.29 is 9.84 Å². The number of nitrogens with zero attached hydrogens (tertiary/aromatic N) is 1. The van der Waals surface area contributed by atoms with Crippen molar-refractivity contribution in [3.05, 3.63) is 29.3 Å². The molecule has 0 aromatic heterocycles. The number of aliphatic hydroxyl groups excluding tert-OH is 1. The van der Waals surface area contributed by atoms with Crippen LogP contribution in [0.4, 0.5) is 0 Å². The average Bonchev–Trinajstić information content (AvgIpc) is 2.54. The van der Waals surface area contributed by atoms with Gasteiger partial charge in [0.25, 0.3) is 0 Å². The second-order valence-electron chi connectivity index (χ2n) is 6.72. The first-order chi connectivity index (χ1) is 10.6. The summed E-state index contributed by atoms with van der Waals surface area (Å²) in [7, 11) is 1.68. The lowest BCUT2D eigenvalue weighted by atomic mass is 9.95. The van der Waals surface area contributed by atoms with Gasteiger partial charge in [-0.15, -0.1) is 0 Å². The van der Waals surface area contributed by atoms with Gasteiger partial charge in [-0.2, -0.15) is 0 Å². The van der Waals surface area contributed by atoms with Crippen LogP contribution in [0, 0.1) is 0 Å². The van der Waals surface area contributed by atoms with E-state index in [0.717, 1.165) is 24.3 Å². The van der Waals surface area contributed by atoms with Crippen molar-refractivity contribution in [2.24, 2.45) is 0 Å². The fourth-order valence-corrected chi connectivity index (χ4v) is 3.46. The van der Waals surface area contributed by atoms with Gasteiger partial charge in [-0.1, -0.05) is 33.3 Å². The topological polar surface area (TPSA) is 32.7 Å². The number of ether oxygens (including phenoxy) is 1. The molecule has 1 aliphatic rings. The van der Waals surface area contributed by atoms with Crippen LogP contribution in [-0.4, -0.2) is 36.2 Å². The molecule has 3 nitrogen and oxygen atoms in total. The predicted octanol–water partition coefficient (Wildman–Crippen LogP) is 4.12. The van der Waals surface area contributed by atoms with Crippen LogP contribution >= 0.6 is 0 Å². The van der Waals surface area contributed by atoms with E-state index < -0.39 is 6.10 Å². The summed E-state index contributed by atoms with van der Waals surface area (Å²) < 4.78 is 5.47. The van der Waals surface area contributed by atoms with Gasteiger partial charge in [0.1, 0.15) is 5.75 Å². The van der Waals surface area contributed by atoms with Crippen LogP contribution < -0.4 is 4.74 Å². The zero-order valence-electron chi connectivity index (χ0n) is 14.5. The van der Waals surface area contributed by atoms with Crippen molar-refractivity contribution in [1.29, 1.82) is 0 Å². The maximum atomic E-state index is 10.8. The fraction of sp³-hybridized carbons (Fsp3) is 0.684. The number of β-amino-alcohol motifs (C(OH)–C–C–N with tert-alkyl or cyclic N) is 1. The molecule has 1 saturated heterocycles. The second-order valence-corrected chi connectivity index (χ2v) is 6.72. The number of benzene rings is 1. The number of methoxy groups -OCH3 is 1. The first-order valence-electron chi connectivity index (χ1n) is 8.66. The molecule has 1 N–H and O–H groups in total. The normalized spacial score (nSPS) is 21.1. The molecule has 0 aliphatic carbocycles. The Labute approximate surface area is 135 Å². The van der Waals surface area contributed by atoms with E-state index in [1.54, 1.807) is 7.11 Å². The van der Waals surface area contributed by atoms with Gasteiger partial charge >= 0.3 is 0 Å². The molecule has 1 aromatic rings. The van der Waals surface area contributed by atoms with E-state index in [9.17, 15) is 5.11 Å². The number of likely N-dealkylation sites (tertiary alicyclic amines) is 1. The van der Waals surface area contributed by atoms with Crippen molar-refractivity contribution in [2.75, 3.05) is 20.2 Å². The number of aliphatic hydroxyl groups is 1. The quantitative estimate of drug-likeness (QED) is 0.858. The minimum Gasteiger partial charge on any atom is -0.496 e. The van der Waals surface area contributed by atoms with E-state index in [0.29, 0.717) is 18.5 Å². The molecule has 2 atom stereocenters. The van der Waals surface area contributed by atoms with E-state index >= 15 is 0 Å². The van der Waals surface area contributed by atoms with E-state index in [1.807, 2.05) is 6.07 Å². The molecule has 0 bridgehead atoms. The highest BCUT2D eigenvalue weighted by atomic mass is 16.5. The average molecular weight is 305 g/mol. The monoisotopic (exact) mass is 305 g/mol. The summed E-state index contributed by atoms with van der Waals surface area (Å²) in [5, 5.41) is 10.8. The predicted molar refractivity (Wildman–Crippen MR) is 91.5 cm³/mol. The second kappa shape index (κ2) is 7.98. The highest BCUT2D eigenvalue weighted by Crippen LogP contribution is 2.31. The molecule has 2 rings (SSSR count). The third kappa shape index (κ3) is 4.02. The van der Waals surface area contributed by atoms with Crippen LogP contribution in [0.2, 0.25) is 0 Å². The molecule has 2 unspecified atom stereocenters. The van der Waals surface area contributed by atoms with Gasteiger partial charge in [0, 0.05) is 18.2 Å². The number of hydrogen-bond donors (Lipinski definition) is 1. The van der Waals surface area contributed by atoms with Crippen molar-refractivity contribution in [1.82, 2.24) is 4.90 Å². The Hall–Kier alpha value is -1.06. The summed E-state index contributed by atoms with van der Waals surface area (Å²) in [5.41, 5.74) is 2.18.